The third kappa shape index (κ3) is 9.97. The molecule has 0 unspecified atom stereocenters. The molecule has 0 aliphatic rings. The van der Waals surface area contributed by atoms with E-state index in [-0.39, 0.29) is 76.2 Å². The summed E-state index contributed by atoms with van der Waals surface area (Å²) < 4.78 is 1.45. The fourth-order valence-electron chi connectivity index (χ4n) is 3.48. The molecule has 0 aromatic carbocycles. The van der Waals surface area contributed by atoms with E-state index in [1.807, 2.05) is 0 Å². The Bertz CT molecular complexity index is 1290. The number of aliphatic imine (C=N–C) groups is 1. The lowest BCUT2D eigenvalue weighted by atomic mass is 10.2. The van der Waals surface area contributed by atoms with Gasteiger partial charge in [0.25, 0.3) is 0 Å². The fourth-order valence-corrected chi connectivity index (χ4v) is 3.48. The SMILES string of the molecule is NCCN(CC(=O)NCCN(CC(N)=O)C(=O)Cn1cnc2c(N)ncnc21)C(=O)CC/C=C\C(N)=N/C(N)=O. The molecule has 18 nitrogen and oxygen atoms in total. The first-order valence-corrected chi connectivity index (χ1v) is 12.0. The number of nitrogens with one attached hydrogen (secondary N) is 1. The third-order valence-corrected chi connectivity index (χ3v) is 5.28. The maximum atomic E-state index is 12.9. The van der Waals surface area contributed by atoms with Gasteiger partial charge in [-0.25, -0.2) is 19.7 Å². The molecule has 2 heterocycles. The van der Waals surface area contributed by atoms with Crippen molar-refractivity contribution < 1.29 is 24.0 Å². The third-order valence-electron chi connectivity index (χ3n) is 5.28. The van der Waals surface area contributed by atoms with Crippen molar-refractivity contribution in [1.29, 1.82) is 0 Å². The Labute approximate surface area is 228 Å². The summed E-state index contributed by atoms with van der Waals surface area (Å²) in [5.41, 5.74) is 27.7. The molecule has 0 bridgehead atoms. The van der Waals surface area contributed by atoms with Crippen LogP contribution in [0, 0.1) is 0 Å². The summed E-state index contributed by atoms with van der Waals surface area (Å²) in [5.74, 6) is -1.98. The highest BCUT2D eigenvalue weighted by Crippen LogP contribution is 2.14. The van der Waals surface area contributed by atoms with E-state index in [0.29, 0.717) is 11.2 Å². The predicted molar refractivity (Wildman–Crippen MR) is 144 cm³/mol. The van der Waals surface area contributed by atoms with Crippen molar-refractivity contribution in [3.8, 4) is 0 Å². The number of primary amides is 2. The number of rotatable bonds is 15. The lowest BCUT2D eigenvalue weighted by Crippen LogP contribution is -2.47. The lowest BCUT2D eigenvalue weighted by molar-refractivity contribution is -0.136. The summed E-state index contributed by atoms with van der Waals surface area (Å²) in [6.45, 7) is -0.616. The zero-order valence-electron chi connectivity index (χ0n) is 21.7. The molecule has 0 fully saturated rings. The normalized spacial score (nSPS) is 11.5. The monoisotopic (exact) mass is 559 g/mol. The van der Waals surface area contributed by atoms with Crippen molar-refractivity contribution in [2.75, 3.05) is 45.0 Å². The first-order chi connectivity index (χ1) is 19.0. The molecule has 18 heteroatoms. The number of allylic oxidation sites excluding steroid dienone is 1. The second-order valence-electron chi connectivity index (χ2n) is 8.36. The Morgan fingerprint density at radius 1 is 1.00 bits per heavy atom. The van der Waals surface area contributed by atoms with Crippen LogP contribution in [0.15, 0.2) is 29.8 Å². The van der Waals surface area contributed by atoms with Crippen molar-refractivity contribution in [3.63, 3.8) is 0 Å². The van der Waals surface area contributed by atoms with Crippen molar-refractivity contribution in [3.05, 3.63) is 24.8 Å². The van der Waals surface area contributed by atoms with Crippen LogP contribution in [0.4, 0.5) is 10.6 Å². The minimum atomic E-state index is -0.937. The minimum absolute atomic E-state index is 0.0104. The van der Waals surface area contributed by atoms with Crippen LogP contribution in [0.1, 0.15) is 12.8 Å². The van der Waals surface area contributed by atoms with Crippen LogP contribution in [-0.4, -0.2) is 104 Å². The van der Waals surface area contributed by atoms with Crippen molar-refractivity contribution in [2.45, 2.75) is 19.4 Å². The summed E-state index contributed by atoms with van der Waals surface area (Å²) in [4.78, 5) is 78.0. The number of carbonyl (C=O) groups is 5. The van der Waals surface area contributed by atoms with Gasteiger partial charge in [0, 0.05) is 32.6 Å². The molecule has 0 radical (unpaired) electrons. The van der Waals surface area contributed by atoms with Crippen LogP contribution in [0.3, 0.4) is 0 Å². The van der Waals surface area contributed by atoms with Crippen LogP contribution >= 0.6 is 0 Å². The van der Waals surface area contributed by atoms with Gasteiger partial charge in [-0.15, -0.1) is 0 Å². The number of hydrogen-bond acceptors (Lipinski definition) is 10. The second-order valence-corrected chi connectivity index (χ2v) is 8.36. The van der Waals surface area contributed by atoms with Gasteiger partial charge < -0.3 is 48.4 Å². The predicted octanol–water partition coefficient (Wildman–Crippen LogP) is -3.60. The summed E-state index contributed by atoms with van der Waals surface area (Å²) in [6, 6.07) is -0.937. The Balaban J connectivity index is 1.90. The van der Waals surface area contributed by atoms with Gasteiger partial charge in [-0.3, -0.25) is 19.2 Å². The highest BCUT2D eigenvalue weighted by atomic mass is 16.2. The quantitative estimate of drug-likeness (QED) is 0.0914. The number of amidine groups is 1. The summed E-state index contributed by atoms with van der Waals surface area (Å²) >= 11 is 0. The number of nitrogens with zero attached hydrogens (tertiary/aromatic N) is 7. The number of imidazole rings is 1. The molecule has 2 rings (SSSR count). The number of hydrogen-bond donors (Lipinski definition) is 6. The first-order valence-electron chi connectivity index (χ1n) is 12.0. The molecular formula is C22H33N13O5. The lowest BCUT2D eigenvalue weighted by Gasteiger charge is -2.23. The summed E-state index contributed by atoms with van der Waals surface area (Å²) in [5, 5.41) is 2.62. The van der Waals surface area contributed by atoms with Gasteiger partial charge in [-0.1, -0.05) is 6.08 Å². The minimum Gasteiger partial charge on any atom is -0.384 e. The van der Waals surface area contributed by atoms with E-state index < -0.39 is 23.8 Å². The van der Waals surface area contributed by atoms with E-state index >= 15 is 0 Å². The molecule has 0 aliphatic carbocycles. The number of urea groups is 1. The number of aromatic nitrogens is 4. The van der Waals surface area contributed by atoms with E-state index in [4.69, 9.17) is 28.7 Å². The molecule has 2 aromatic heterocycles. The van der Waals surface area contributed by atoms with Crippen molar-refractivity contribution in [2.24, 2.45) is 27.9 Å². The van der Waals surface area contributed by atoms with E-state index in [1.54, 1.807) is 6.08 Å². The molecule has 2 aromatic rings. The molecule has 0 aliphatic heterocycles. The molecule has 0 spiro atoms. The maximum absolute atomic E-state index is 12.9. The molecule has 0 saturated carbocycles. The van der Waals surface area contributed by atoms with Gasteiger partial charge in [0.1, 0.15) is 24.2 Å². The Kier molecular flexibility index (Phi) is 11.9. The molecule has 6 amide bonds. The van der Waals surface area contributed by atoms with Crippen LogP contribution in [0.25, 0.3) is 11.2 Å². The molecule has 0 saturated heterocycles. The van der Waals surface area contributed by atoms with Gasteiger partial charge in [0.05, 0.1) is 19.4 Å². The number of anilines is 1. The standard InChI is InChI=1S/C22H33N13O5/c23-5-7-33(17(38)4-2-1-3-14(24)32-22(27)40)10-16(37)28-6-8-34(9-15(25)36)18(39)11-35-13-31-19-20(26)29-12-30-21(19)35/h1,3,12-13H,2,4-11,23H2,(H2,25,36)(H,28,37)(H2,26,29,30)(H4,24,27,32,40)/b3-1-. The van der Waals surface area contributed by atoms with Gasteiger partial charge >= 0.3 is 6.03 Å². The number of carbonyl (C=O) groups excluding carboxylic acids is 5. The Morgan fingerprint density at radius 2 is 1.73 bits per heavy atom. The zero-order valence-corrected chi connectivity index (χ0v) is 21.7. The molecule has 40 heavy (non-hydrogen) atoms. The van der Waals surface area contributed by atoms with E-state index in [0.717, 1.165) is 0 Å². The van der Waals surface area contributed by atoms with Gasteiger partial charge in [0.15, 0.2) is 11.5 Å². The van der Waals surface area contributed by atoms with Crippen LogP contribution in [0.2, 0.25) is 0 Å². The number of nitrogens with two attached hydrogens (primary N) is 5. The van der Waals surface area contributed by atoms with Crippen LogP contribution in [0.5, 0.6) is 0 Å². The smallest absolute Gasteiger partial charge is 0.340 e. The number of fused-ring (bicyclic) bond motifs is 1. The van der Waals surface area contributed by atoms with Gasteiger partial charge in [0.2, 0.25) is 23.6 Å². The molecular weight excluding hydrogens is 526 g/mol. The number of amides is 6. The summed E-state index contributed by atoms with van der Waals surface area (Å²) in [6.07, 6.45) is 5.82. The Morgan fingerprint density at radius 3 is 2.40 bits per heavy atom. The van der Waals surface area contributed by atoms with E-state index in [1.165, 1.54) is 33.1 Å². The van der Waals surface area contributed by atoms with Crippen LogP contribution in [-0.2, 0) is 25.7 Å². The highest BCUT2D eigenvalue weighted by Gasteiger charge is 2.20. The fraction of sp³-hybridized carbons (Fsp3) is 0.409. The molecule has 11 N–H and O–H groups in total. The largest absolute Gasteiger partial charge is 0.384 e. The topological polar surface area (TPSA) is 290 Å². The van der Waals surface area contributed by atoms with Crippen LogP contribution < -0.4 is 34.0 Å². The average molecular weight is 560 g/mol. The van der Waals surface area contributed by atoms with Gasteiger partial charge in [-0.2, -0.15) is 4.99 Å². The van der Waals surface area contributed by atoms with Crippen molar-refractivity contribution in [1.82, 2.24) is 34.6 Å². The molecule has 216 valence electrons. The maximum Gasteiger partial charge on any atom is 0.340 e. The molecule has 0 atom stereocenters. The van der Waals surface area contributed by atoms with E-state index in [2.05, 4.69) is 25.3 Å². The van der Waals surface area contributed by atoms with E-state index in [9.17, 15) is 24.0 Å². The summed E-state index contributed by atoms with van der Waals surface area (Å²) in [7, 11) is 0. The highest BCUT2D eigenvalue weighted by molar-refractivity contribution is 5.99. The van der Waals surface area contributed by atoms with Crippen molar-refractivity contribution >= 4 is 52.5 Å². The average Bonchev–Trinajstić information content (AvgIpc) is 3.28. The van der Waals surface area contributed by atoms with Gasteiger partial charge in [-0.05, 0) is 12.5 Å². The second kappa shape index (κ2) is 15.3. The number of nitrogen functional groups attached to an aromatic ring is 1. The Hall–Kier alpha value is -5.13. The zero-order chi connectivity index (χ0) is 29.7. The first kappa shape index (κ1) is 31.1.